The van der Waals surface area contributed by atoms with Gasteiger partial charge >= 0.3 is 0 Å². The second-order valence-electron chi connectivity index (χ2n) is 6.91. The summed E-state index contributed by atoms with van der Waals surface area (Å²) in [6, 6.07) is 8.26. The Morgan fingerprint density at radius 3 is 2.40 bits per heavy atom. The van der Waals surface area contributed by atoms with Crippen LogP contribution in [0.2, 0.25) is 10.0 Å². The molecule has 0 bridgehead atoms. The number of ketones is 1. The highest BCUT2D eigenvalue weighted by molar-refractivity contribution is 6.46. The number of ether oxygens (including phenoxy) is 1. The highest BCUT2D eigenvalue weighted by Crippen LogP contribution is 2.42. The molecule has 2 aromatic carbocycles. The minimum atomic E-state index is -0.844. The number of aliphatic hydroxyl groups is 1. The molecule has 6 nitrogen and oxygen atoms in total. The number of hydrogen-bond acceptors (Lipinski definition) is 5. The fourth-order valence-electron chi connectivity index (χ4n) is 3.53. The average Bonchev–Trinajstić information content (AvgIpc) is 2.96. The summed E-state index contributed by atoms with van der Waals surface area (Å²) in [7, 11) is 1.41. The number of phenols is 1. The van der Waals surface area contributed by atoms with E-state index in [4.69, 9.17) is 27.9 Å². The molecule has 1 fully saturated rings. The third-order valence-electron chi connectivity index (χ3n) is 4.95. The number of benzene rings is 2. The van der Waals surface area contributed by atoms with Crippen molar-refractivity contribution in [1.82, 2.24) is 4.90 Å². The zero-order chi connectivity index (χ0) is 22.0. The second-order valence-corrected chi connectivity index (χ2v) is 7.73. The zero-order valence-corrected chi connectivity index (χ0v) is 18.0. The number of carbonyl (C=O) groups is 2. The molecule has 0 saturated carbocycles. The van der Waals surface area contributed by atoms with Crippen LogP contribution in [0.4, 0.5) is 0 Å². The lowest BCUT2D eigenvalue weighted by atomic mass is 9.95. The Morgan fingerprint density at radius 2 is 1.83 bits per heavy atom. The molecule has 1 heterocycles. The first-order valence-corrected chi connectivity index (χ1v) is 10.2. The Labute approximate surface area is 184 Å². The molecule has 8 heteroatoms. The minimum Gasteiger partial charge on any atom is -0.508 e. The number of amides is 1. The maximum Gasteiger partial charge on any atom is 0.295 e. The van der Waals surface area contributed by atoms with Crippen LogP contribution in [0.15, 0.2) is 42.0 Å². The number of phenolic OH excluding ortho intramolecular Hbond substituents is 1. The van der Waals surface area contributed by atoms with Gasteiger partial charge in [0.1, 0.15) is 11.5 Å². The molecule has 2 aromatic rings. The summed E-state index contributed by atoms with van der Waals surface area (Å²) in [5.74, 6) is -1.68. The van der Waals surface area contributed by atoms with Gasteiger partial charge in [0.25, 0.3) is 11.7 Å². The van der Waals surface area contributed by atoms with Gasteiger partial charge in [0.05, 0.1) is 28.8 Å². The molecular formula is C22H21Cl2NO5. The van der Waals surface area contributed by atoms with E-state index in [1.165, 1.54) is 36.3 Å². The number of unbranched alkanes of at least 4 members (excludes halogenated alkanes) is 1. The van der Waals surface area contributed by atoms with Crippen LogP contribution in [-0.4, -0.2) is 40.5 Å². The lowest BCUT2D eigenvalue weighted by Gasteiger charge is -2.25. The van der Waals surface area contributed by atoms with Crippen LogP contribution < -0.4 is 4.74 Å². The second kappa shape index (κ2) is 8.98. The first-order chi connectivity index (χ1) is 14.3. The number of carbonyl (C=O) groups excluding carboxylic acids is 2. The highest BCUT2D eigenvalue weighted by atomic mass is 35.5. The summed E-state index contributed by atoms with van der Waals surface area (Å²) in [5, 5.41) is 21.3. The Bertz CT molecular complexity index is 1010. The predicted molar refractivity (Wildman–Crippen MR) is 115 cm³/mol. The van der Waals surface area contributed by atoms with E-state index in [2.05, 4.69) is 0 Å². The highest BCUT2D eigenvalue weighted by Gasteiger charge is 2.45. The molecule has 1 saturated heterocycles. The molecule has 1 aliphatic heterocycles. The van der Waals surface area contributed by atoms with E-state index in [-0.39, 0.29) is 32.7 Å². The van der Waals surface area contributed by atoms with Crippen LogP contribution in [0.1, 0.15) is 36.9 Å². The Hall–Kier alpha value is -2.70. The lowest BCUT2D eigenvalue weighted by molar-refractivity contribution is -0.139. The number of methoxy groups -OCH3 is 1. The SMILES string of the molecule is CCCCN1C(=O)C(=O)/C(=C(/O)c2cc(Cl)c(OC)c(Cl)c2)C1c1cccc(O)c1. The number of likely N-dealkylation sites (tertiary alicyclic amines) is 1. The molecule has 1 amide bonds. The van der Waals surface area contributed by atoms with Crippen molar-refractivity contribution in [3.05, 3.63) is 63.1 Å². The molecule has 0 radical (unpaired) electrons. The van der Waals surface area contributed by atoms with Gasteiger partial charge in [-0.05, 0) is 36.2 Å². The van der Waals surface area contributed by atoms with Crippen molar-refractivity contribution in [3.63, 3.8) is 0 Å². The normalized spacial score (nSPS) is 18.1. The molecule has 3 rings (SSSR count). The van der Waals surface area contributed by atoms with Crippen LogP contribution >= 0.6 is 23.2 Å². The van der Waals surface area contributed by atoms with Gasteiger partial charge in [0.2, 0.25) is 0 Å². The van der Waals surface area contributed by atoms with Crippen molar-refractivity contribution in [1.29, 1.82) is 0 Å². The molecule has 2 N–H and O–H groups in total. The third kappa shape index (κ3) is 3.98. The molecular weight excluding hydrogens is 429 g/mol. The molecule has 0 aliphatic carbocycles. The quantitative estimate of drug-likeness (QED) is 0.370. The molecule has 0 spiro atoms. The van der Waals surface area contributed by atoms with Gasteiger partial charge in [0, 0.05) is 12.1 Å². The number of aromatic hydroxyl groups is 1. The fraction of sp³-hybridized carbons (Fsp3) is 0.273. The Kier molecular flexibility index (Phi) is 6.58. The minimum absolute atomic E-state index is 0.0101. The van der Waals surface area contributed by atoms with Gasteiger partial charge in [0.15, 0.2) is 5.75 Å². The number of Topliss-reactive ketones (excluding diaryl/α,β-unsaturated/α-hetero) is 1. The van der Waals surface area contributed by atoms with E-state index in [1.54, 1.807) is 12.1 Å². The van der Waals surface area contributed by atoms with Crippen LogP contribution in [0.3, 0.4) is 0 Å². The van der Waals surface area contributed by atoms with Crippen molar-refractivity contribution in [2.75, 3.05) is 13.7 Å². The molecule has 1 atom stereocenters. The van der Waals surface area contributed by atoms with Crippen molar-refractivity contribution in [3.8, 4) is 11.5 Å². The number of aliphatic hydroxyl groups excluding tert-OH is 1. The third-order valence-corrected chi connectivity index (χ3v) is 5.52. The van der Waals surface area contributed by atoms with Crippen molar-refractivity contribution in [2.24, 2.45) is 0 Å². The summed E-state index contributed by atoms with van der Waals surface area (Å²) in [4.78, 5) is 27.1. The smallest absolute Gasteiger partial charge is 0.295 e. The maximum absolute atomic E-state index is 12.9. The van der Waals surface area contributed by atoms with E-state index in [0.29, 0.717) is 18.5 Å². The Morgan fingerprint density at radius 1 is 1.17 bits per heavy atom. The number of hydrogen-bond donors (Lipinski definition) is 2. The maximum atomic E-state index is 12.9. The largest absolute Gasteiger partial charge is 0.508 e. The van der Waals surface area contributed by atoms with E-state index in [0.717, 1.165) is 6.42 Å². The molecule has 1 aliphatic rings. The van der Waals surface area contributed by atoms with Crippen molar-refractivity contribution < 1.29 is 24.5 Å². The number of rotatable bonds is 6. The van der Waals surface area contributed by atoms with Crippen LogP contribution in [-0.2, 0) is 9.59 Å². The fourth-order valence-corrected chi connectivity index (χ4v) is 4.17. The standard InChI is InChI=1S/C22H21Cl2NO5/c1-3-4-8-25-18(12-6-5-7-14(26)9-12)17(20(28)22(25)29)19(27)13-10-15(23)21(30-2)16(24)11-13/h5-7,9-11,18,26-27H,3-4,8H2,1-2H3/b19-17+. The number of nitrogens with zero attached hydrogens (tertiary/aromatic N) is 1. The summed E-state index contributed by atoms with van der Waals surface area (Å²) in [6.07, 6.45) is 1.50. The molecule has 1 unspecified atom stereocenters. The van der Waals surface area contributed by atoms with E-state index in [9.17, 15) is 19.8 Å². The lowest BCUT2D eigenvalue weighted by Crippen LogP contribution is -2.30. The van der Waals surface area contributed by atoms with Gasteiger partial charge in [-0.1, -0.05) is 48.7 Å². The first-order valence-electron chi connectivity index (χ1n) is 9.40. The number of halogens is 2. The Balaban J connectivity index is 2.21. The first kappa shape index (κ1) is 22.0. The summed E-state index contributed by atoms with van der Waals surface area (Å²) < 4.78 is 5.12. The average molecular weight is 450 g/mol. The predicted octanol–water partition coefficient (Wildman–Crippen LogP) is 4.93. The van der Waals surface area contributed by atoms with Gasteiger partial charge in [-0.25, -0.2) is 0 Å². The van der Waals surface area contributed by atoms with Crippen LogP contribution in [0, 0.1) is 0 Å². The van der Waals surface area contributed by atoms with E-state index < -0.39 is 23.5 Å². The van der Waals surface area contributed by atoms with Gasteiger partial charge < -0.3 is 19.8 Å². The zero-order valence-electron chi connectivity index (χ0n) is 16.5. The van der Waals surface area contributed by atoms with Crippen LogP contribution in [0.5, 0.6) is 11.5 Å². The monoisotopic (exact) mass is 449 g/mol. The topological polar surface area (TPSA) is 87.1 Å². The van der Waals surface area contributed by atoms with Gasteiger partial charge in [-0.2, -0.15) is 0 Å². The summed E-state index contributed by atoms with van der Waals surface area (Å²) in [5.41, 5.74) is 0.612. The van der Waals surface area contributed by atoms with Crippen molar-refractivity contribution in [2.45, 2.75) is 25.8 Å². The van der Waals surface area contributed by atoms with Crippen molar-refractivity contribution >= 4 is 40.7 Å². The van der Waals surface area contributed by atoms with E-state index in [1.807, 2.05) is 6.92 Å². The summed E-state index contributed by atoms with van der Waals surface area (Å²) >= 11 is 12.4. The van der Waals surface area contributed by atoms with E-state index >= 15 is 0 Å². The molecule has 0 aromatic heterocycles. The van der Waals surface area contributed by atoms with Crippen LogP contribution in [0.25, 0.3) is 5.76 Å². The van der Waals surface area contributed by atoms with Gasteiger partial charge in [-0.15, -0.1) is 0 Å². The summed E-state index contributed by atoms with van der Waals surface area (Å²) in [6.45, 7) is 2.31. The van der Waals surface area contributed by atoms with Gasteiger partial charge in [-0.3, -0.25) is 9.59 Å². The molecule has 30 heavy (non-hydrogen) atoms. The molecule has 158 valence electrons.